The second-order valence-corrected chi connectivity index (χ2v) is 3.92. The van der Waals surface area contributed by atoms with E-state index < -0.39 is 0 Å². The molecule has 2 atom stereocenters. The van der Waals surface area contributed by atoms with Crippen molar-refractivity contribution in [3.05, 3.63) is 0 Å². The Hall–Kier alpha value is -0.570. The molecule has 1 saturated heterocycles. The lowest BCUT2D eigenvalue weighted by Crippen LogP contribution is -2.33. The topological polar surface area (TPSA) is 46.3 Å². The molecule has 3 nitrogen and oxygen atoms in total. The number of likely N-dealkylation sites (tertiary alicyclic amines) is 1. The molecule has 1 aliphatic rings. The van der Waals surface area contributed by atoms with Gasteiger partial charge in [-0.1, -0.05) is 6.92 Å². The maximum Gasteiger partial charge on any atom is 0.224 e. The normalized spacial score (nSPS) is 25.9. The van der Waals surface area contributed by atoms with Crippen LogP contribution in [0, 0.1) is 5.92 Å². The molecule has 0 aromatic rings. The number of hydrogen-bond donors (Lipinski definition) is 1. The molecule has 3 heteroatoms. The van der Waals surface area contributed by atoms with Crippen LogP contribution in [0.2, 0.25) is 0 Å². The molecule has 0 aromatic heterocycles. The quantitative estimate of drug-likeness (QED) is 0.659. The molecule has 2 N–H and O–H groups in total. The molecule has 1 amide bonds. The predicted octanol–water partition coefficient (Wildman–Crippen LogP) is 0.592. The average molecular weight is 170 g/mol. The highest BCUT2D eigenvalue weighted by Gasteiger charge is 2.23. The molecular formula is C9H18N2O. The van der Waals surface area contributed by atoms with E-state index in [0.29, 0.717) is 12.3 Å². The van der Waals surface area contributed by atoms with Gasteiger partial charge >= 0.3 is 0 Å². The third-order valence-electron chi connectivity index (χ3n) is 2.27. The van der Waals surface area contributed by atoms with Crippen molar-refractivity contribution in [1.29, 1.82) is 0 Å². The fraction of sp³-hybridized carbons (Fsp3) is 0.889. The molecule has 1 heterocycles. The molecule has 0 spiro atoms. The van der Waals surface area contributed by atoms with E-state index in [9.17, 15) is 4.79 Å². The van der Waals surface area contributed by atoms with Crippen molar-refractivity contribution in [3.8, 4) is 0 Å². The second kappa shape index (κ2) is 3.90. The predicted molar refractivity (Wildman–Crippen MR) is 48.6 cm³/mol. The van der Waals surface area contributed by atoms with Crippen LogP contribution in [0.3, 0.4) is 0 Å². The van der Waals surface area contributed by atoms with Crippen molar-refractivity contribution < 1.29 is 4.79 Å². The Bertz CT molecular complexity index is 168. The summed E-state index contributed by atoms with van der Waals surface area (Å²) in [5, 5.41) is 0. The summed E-state index contributed by atoms with van der Waals surface area (Å²) in [6, 6.07) is -0.00611. The van der Waals surface area contributed by atoms with Crippen molar-refractivity contribution in [3.63, 3.8) is 0 Å². The molecule has 1 fully saturated rings. The van der Waals surface area contributed by atoms with Gasteiger partial charge in [0.25, 0.3) is 0 Å². The zero-order chi connectivity index (χ0) is 9.14. The van der Waals surface area contributed by atoms with Crippen LogP contribution in [0.1, 0.15) is 26.7 Å². The zero-order valence-corrected chi connectivity index (χ0v) is 7.92. The summed E-state index contributed by atoms with van der Waals surface area (Å²) in [4.78, 5) is 13.4. The van der Waals surface area contributed by atoms with Crippen LogP contribution < -0.4 is 5.73 Å². The number of carbonyl (C=O) groups is 1. The third kappa shape index (κ3) is 2.48. The summed E-state index contributed by atoms with van der Waals surface area (Å²) in [6.07, 6.45) is 1.64. The first-order valence-corrected chi connectivity index (χ1v) is 4.63. The van der Waals surface area contributed by atoms with Gasteiger partial charge in [0.1, 0.15) is 0 Å². The molecule has 1 aliphatic heterocycles. The minimum atomic E-state index is -0.00611. The van der Waals surface area contributed by atoms with Crippen molar-refractivity contribution >= 4 is 5.91 Å². The molecule has 1 rings (SSSR count). The Morgan fingerprint density at radius 3 is 2.83 bits per heavy atom. The monoisotopic (exact) mass is 170 g/mol. The van der Waals surface area contributed by atoms with Crippen molar-refractivity contribution in [2.45, 2.75) is 32.7 Å². The first-order chi connectivity index (χ1) is 5.59. The van der Waals surface area contributed by atoms with Crippen LogP contribution in [-0.2, 0) is 4.79 Å². The zero-order valence-electron chi connectivity index (χ0n) is 7.92. The van der Waals surface area contributed by atoms with E-state index >= 15 is 0 Å². The minimum Gasteiger partial charge on any atom is -0.342 e. The van der Waals surface area contributed by atoms with Crippen LogP contribution in [0.15, 0.2) is 0 Å². The average Bonchev–Trinajstić information content (AvgIpc) is 2.34. The Morgan fingerprint density at radius 1 is 1.75 bits per heavy atom. The Kier molecular flexibility index (Phi) is 3.09. The standard InChI is InChI=1S/C9H18N2O/c1-7-3-4-11(6-7)9(12)5-8(2)10/h7-8H,3-6,10H2,1-2H3. The van der Waals surface area contributed by atoms with Gasteiger partial charge in [-0.2, -0.15) is 0 Å². The summed E-state index contributed by atoms with van der Waals surface area (Å²) in [6.45, 7) is 5.90. The van der Waals surface area contributed by atoms with Gasteiger partial charge in [0, 0.05) is 25.6 Å². The summed E-state index contributed by atoms with van der Waals surface area (Å²) >= 11 is 0. The molecule has 0 bridgehead atoms. The maximum atomic E-state index is 11.4. The molecule has 70 valence electrons. The number of carbonyl (C=O) groups excluding carboxylic acids is 1. The van der Waals surface area contributed by atoms with Gasteiger partial charge in [-0.05, 0) is 19.3 Å². The molecule has 12 heavy (non-hydrogen) atoms. The van der Waals surface area contributed by atoms with Crippen molar-refractivity contribution in [2.24, 2.45) is 11.7 Å². The van der Waals surface area contributed by atoms with Crippen LogP contribution >= 0.6 is 0 Å². The van der Waals surface area contributed by atoms with E-state index in [1.165, 1.54) is 0 Å². The lowest BCUT2D eigenvalue weighted by Gasteiger charge is -2.16. The molecule has 0 aliphatic carbocycles. The highest BCUT2D eigenvalue weighted by atomic mass is 16.2. The van der Waals surface area contributed by atoms with E-state index in [1.54, 1.807) is 0 Å². The van der Waals surface area contributed by atoms with Gasteiger partial charge in [-0.3, -0.25) is 4.79 Å². The number of nitrogens with zero attached hydrogens (tertiary/aromatic N) is 1. The maximum absolute atomic E-state index is 11.4. The summed E-state index contributed by atoms with van der Waals surface area (Å²) < 4.78 is 0. The van der Waals surface area contributed by atoms with Crippen LogP contribution in [-0.4, -0.2) is 29.9 Å². The molecule has 0 saturated carbocycles. The van der Waals surface area contributed by atoms with Gasteiger partial charge < -0.3 is 10.6 Å². The lowest BCUT2D eigenvalue weighted by molar-refractivity contribution is -0.130. The first-order valence-electron chi connectivity index (χ1n) is 4.63. The van der Waals surface area contributed by atoms with E-state index in [2.05, 4.69) is 6.92 Å². The largest absolute Gasteiger partial charge is 0.342 e. The van der Waals surface area contributed by atoms with Gasteiger partial charge in [0.15, 0.2) is 0 Å². The molecule has 2 unspecified atom stereocenters. The highest BCUT2D eigenvalue weighted by molar-refractivity contribution is 5.77. The Labute approximate surface area is 73.9 Å². The van der Waals surface area contributed by atoms with Gasteiger partial charge in [-0.15, -0.1) is 0 Å². The fourth-order valence-electron chi connectivity index (χ4n) is 1.57. The van der Waals surface area contributed by atoms with Gasteiger partial charge in [0.2, 0.25) is 5.91 Å². The van der Waals surface area contributed by atoms with E-state index in [0.717, 1.165) is 19.5 Å². The Morgan fingerprint density at radius 2 is 2.42 bits per heavy atom. The van der Waals surface area contributed by atoms with E-state index in [4.69, 9.17) is 5.73 Å². The Balaban J connectivity index is 2.33. The molecule has 0 aromatic carbocycles. The minimum absolute atomic E-state index is 0.00611. The van der Waals surface area contributed by atoms with Crippen molar-refractivity contribution in [1.82, 2.24) is 4.90 Å². The number of amides is 1. The molecule has 0 radical (unpaired) electrons. The SMILES string of the molecule is CC(N)CC(=O)N1CCC(C)C1. The van der Waals surface area contributed by atoms with Crippen LogP contribution in [0.5, 0.6) is 0 Å². The summed E-state index contributed by atoms with van der Waals surface area (Å²) in [5.41, 5.74) is 5.55. The number of nitrogens with two attached hydrogens (primary N) is 1. The lowest BCUT2D eigenvalue weighted by atomic mass is 10.2. The number of hydrogen-bond acceptors (Lipinski definition) is 2. The molecular weight excluding hydrogens is 152 g/mol. The van der Waals surface area contributed by atoms with Crippen LogP contribution in [0.4, 0.5) is 0 Å². The smallest absolute Gasteiger partial charge is 0.224 e. The first kappa shape index (κ1) is 9.52. The van der Waals surface area contributed by atoms with Crippen LogP contribution in [0.25, 0.3) is 0 Å². The third-order valence-corrected chi connectivity index (χ3v) is 2.27. The van der Waals surface area contributed by atoms with Gasteiger partial charge in [-0.25, -0.2) is 0 Å². The summed E-state index contributed by atoms with van der Waals surface area (Å²) in [7, 11) is 0. The fourth-order valence-corrected chi connectivity index (χ4v) is 1.57. The van der Waals surface area contributed by atoms with Gasteiger partial charge in [0.05, 0.1) is 0 Å². The number of rotatable bonds is 2. The second-order valence-electron chi connectivity index (χ2n) is 3.92. The summed E-state index contributed by atoms with van der Waals surface area (Å²) in [5.74, 6) is 0.886. The van der Waals surface area contributed by atoms with Crippen molar-refractivity contribution in [2.75, 3.05) is 13.1 Å². The van der Waals surface area contributed by atoms with E-state index in [1.807, 2.05) is 11.8 Å². The van der Waals surface area contributed by atoms with E-state index in [-0.39, 0.29) is 11.9 Å². The highest BCUT2D eigenvalue weighted by Crippen LogP contribution is 2.15.